The largest absolute Gasteiger partial charge is 0.378 e. The maximum Gasteiger partial charge on any atom is 0.0576 e. The fraction of sp³-hybridized carbons (Fsp3) is 1.00. The van der Waals surface area contributed by atoms with E-state index < -0.39 is 0 Å². The highest BCUT2D eigenvalue weighted by Gasteiger charge is 2.28. The molecule has 0 spiro atoms. The fourth-order valence-electron chi connectivity index (χ4n) is 3.13. The van der Waals surface area contributed by atoms with E-state index in [-0.39, 0.29) is 0 Å². The van der Waals surface area contributed by atoms with Crippen molar-refractivity contribution in [2.45, 2.75) is 57.2 Å². The molecule has 1 N–H and O–H groups in total. The Hall–Kier alpha value is 0.230. The number of nitrogens with one attached hydrogen (secondary N) is 1. The van der Waals surface area contributed by atoms with Crippen LogP contribution < -0.4 is 5.32 Å². The average molecular weight is 286 g/mol. The minimum Gasteiger partial charge on any atom is -0.378 e. The molecule has 2 saturated heterocycles. The summed E-state index contributed by atoms with van der Waals surface area (Å²) in [4.78, 5) is 2.55. The van der Waals surface area contributed by atoms with Gasteiger partial charge in [-0.15, -0.1) is 0 Å². The molecule has 3 nitrogen and oxygen atoms in total. The summed E-state index contributed by atoms with van der Waals surface area (Å²) in [6, 6.07) is 1.34. The summed E-state index contributed by atoms with van der Waals surface area (Å²) >= 11 is 2.11. The van der Waals surface area contributed by atoms with Gasteiger partial charge in [-0.1, -0.05) is 6.92 Å². The molecule has 3 atom stereocenters. The van der Waals surface area contributed by atoms with Crippen LogP contribution in [0.4, 0.5) is 0 Å². The van der Waals surface area contributed by atoms with E-state index in [1.54, 1.807) is 0 Å². The van der Waals surface area contributed by atoms with Gasteiger partial charge >= 0.3 is 0 Å². The van der Waals surface area contributed by atoms with Crippen molar-refractivity contribution in [3.63, 3.8) is 0 Å². The number of hydrogen-bond donors (Lipinski definition) is 1. The van der Waals surface area contributed by atoms with Crippen molar-refractivity contribution in [2.75, 3.05) is 38.2 Å². The predicted octanol–water partition coefficient (Wildman–Crippen LogP) is 2.36. The number of nitrogens with zero attached hydrogens (tertiary/aromatic N) is 1. The van der Waals surface area contributed by atoms with Gasteiger partial charge in [0.25, 0.3) is 0 Å². The number of ether oxygens (including phenoxy) is 1. The Kier molecular flexibility index (Phi) is 6.99. The van der Waals surface area contributed by atoms with Crippen molar-refractivity contribution < 1.29 is 4.74 Å². The molecule has 2 rings (SSSR count). The van der Waals surface area contributed by atoms with Gasteiger partial charge in [-0.05, 0) is 45.7 Å². The summed E-state index contributed by atoms with van der Waals surface area (Å²) < 4.78 is 5.78. The molecule has 0 aromatic rings. The molecule has 0 aromatic heterocycles. The zero-order chi connectivity index (χ0) is 13.5. The molecule has 4 heteroatoms. The van der Waals surface area contributed by atoms with Crippen molar-refractivity contribution in [1.82, 2.24) is 10.2 Å². The van der Waals surface area contributed by atoms with Crippen molar-refractivity contribution in [3.05, 3.63) is 0 Å². The quantitative estimate of drug-likeness (QED) is 0.776. The van der Waals surface area contributed by atoms with Crippen molar-refractivity contribution >= 4 is 11.8 Å². The third-order valence-corrected chi connectivity index (χ3v) is 5.44. The Morgan fingerprint density at radius 3 is 3.05 bits per heavy atom. The Bertz CT molecular complexity index is 246. The van der Waals surface area contributed by atoms with Gasteiger partial charge in [0.1, 0.15) is 0 Å². The van der Waals surface area contributed by atoms with Gasteiger partial charge in [0, 0.05) is 36.7 Å². The number of likely N-dealkylation sites (N-methyl/N-ethyl adjacent to an activating group) is 1. The summed E-state index contributed by atoms with van der Waals surface area (Å²) in [6.07, 6.45) is 6.79. The molecule has 0 aromatic carbocycles. The van der Waals surface area contributed by atoms with E-state index in [2.05, 4.69) is 35.9 Å². The highest BCUT2D eigenvalue weighted by Crippen LogP contribution is 2.23. The molecule has 112 valence electrons. The minimum atomic E-state index is 0.535. The lowest BCUT2D eigenvalue weighted by Gasteiger charge is -2.38. The second-order valence-corrected chi connectivity index (χ2v) is 7.05. The maximum absolute atomic E-state index is 5.78. The summed E-state index contributed by atoms with van der Waals surface area (Å²) in [5, 5.41) is 3.78. The SMILES string of the molecule is CCCNC(CCC1CCCO1)C1CSCCN1C. The zero-order valence-corrected chi connectivity index (χ0v) is 13.4. The van der Waals surface area contributed by atoms with Gasteiger partial charge in [0.05, 0.1) is 6.10 Å². The molecule has 0 bridgehead atoms. The van der Waals surface area contributed by atoms with Gasteiger partial charge in [-0.25, -0.2) is 0 Å². The van der Waals surface area contributed by atoms with E-state index in [0.717, 1.165) is 13.2 Å². The summed E-state index contributed by atoms with van der Waals surface area (Å²) in [6.45, 7) is 5.62. The van der Waals surface area contributed by atoms with Crippen LogP contribution >= 0.6 is 11.8 Å². The predicted molar refractivity (Wildman–Crippen MR) is 84.0 cm³/mol. The van der Waals surface area contributed by atoms with Gasteiger partial charge < -0.3 is 15.0 Å². The Balaban J connectivity index is 1.82. The van der Waals surface area contributed by atoms with Crippen LogP contribution in [0.3, 0.4) is 0 Å². The lowest BCUT2D eigenvalue weighted by atomic mass is 9.99. The first kappa shape index (κ1) is 15.6. The minimum absolute atomic E-state index is 0.535. The Labute approximate surface area is 122 Å². The van der Waals surface area contributed by atoms with E-state index in [1.807, 2.05) is 0 Å². The zero-order valence-electron chi connectivity index (χ0n) is 12.6. The molecule has 2 aliphatic rings. The Morgan fingerprint density at radius 2 is 2.37 bits per heavy atom. The van der Waals surface area contributed by atoms with Crippen LogP contribution in [0.2, 0.25) is 0 Å². The Morgan fingerprint density at radius 1 is 1.47 bits per heavy atom. The summed E-state index contributed by atoms with van der Waals surface area (Å²) in [5.41, 5.74) is 0. The molecule has 0 saturated carbocycles. The topological polar surface area (TPSA) is 24.5 Å². The van der Waals surface area contributed by atoms with E-state index >= 15 is 0 Å². The van der Waals surface area contributed by atoms with Gasteiger partial charge in [0.2, 0.25) is 0 Å². The van der Waals surface area contributed by atoms with Crippen LogP contribution in [0.1, 0.15) is 39.0 Å². The molecule has 3 unspecified atom stereocenters. The monoisotopic (exact) mass is 286 g/mol. The van der Waals surface area contributed by atoms with Crippen LogP contribution in [0.5, 0.6) is 0 Å². The van der Waals surface area contributed by atoms with Crippen LogP contribution in [-0.4, -0.2) is 61.3 Å². The van der Waals surface area contributed by atoms with Crippen molar-refractivity contribution in [3.8, 4) is 0 Å². The van der Waals surface area contributed by atoms with Crippen molar-refractivity contribution in [2.24, 2.45) is 0 Å². The van der Waals surface area contributed by atoms with E-state index in [9.17, 15) is 0 Å². The molecular formula is C15H30N2OS. The van der Waals surface area contributed by atoms with E-state index in [4.69, 9.17) is 4.74 Å². The molecule has 0 amide bonds. The van der Waals surface area contributed by atoms with E-state index in [0.29, 0.717) is 18.2 Å². The smallest absolute Gasteiger partial charge is 0.0576 e. The van der Waals surface area contributed by atoms with Gasteiger partial charge in [-0.2, -0.15) is 11.8 Å². The van der Waals surface area contributed by atoms with Crippen LogP contribution in [0.25, 0.3) is 0 Å². The molecular weight excluding hydrogens is 256 g/mol. The van der Waals surface area contributed by atoms with Crippen LogP contribution in [0.15, 0.2) is 0 Å². The molecule has 0 aliphatic carbocycles. The maximum atomic E-state index is 5.78. The van der Waals surface area contributed by atoms with Crippen LogP contribution in [-0.2, 0) is 4.74 Å². The van der Waals surface area contributed by atoms with Gasteiger partial charge in [0.15, 0.2) is 0 Å². The fourth-order valence-corrected chi connectivity index (χ4v) is 4.44. The first-order chi connectivity index (χ1) is 9.31. The highest BCUT2D eigenvalue weighted by atomic mass is 32.2. The van der Waals surface area contributed by atoms with Crippen molar-refractivity contribution in [1.29, 1.82) is 0 Å². The second-order valence-electron chi connectivity index (χ2n) is 5.90. The third-order valence-electron chi connectivity index (χ3n) is 4.39. The normalized spacial score (nSPS) is 30.6. The number of hydrogen-bond acceptors (Lipinski definition) is 4. The van der Waals surface area contributed by atoms with Gasteiger partial charge in [-0.3, -0.25) is 0 Å². The lowest BCUT2D eigenvalue weighted by Crippen LogP contribution is -2.53. The summed E-state index contributed by atoms with van der Waals surface area (Å²) in [7, 11) is 2.29. The molecule has 2 aliphatic heterocycles. The average Bonchev–Trinajstić information content (AvgIpc) is 2.93. The molecule has 2 fully saturated rings. The molecule has 2 heterocycles. The molecule has 19 heavy (non-hydrogen) atoms. The van der Waals surface area contributed by atoms with Crippen LogP contribution in [0, 0.1) is 0 Å². The summed E-state index contributed by atoms with van der Waals surface area (Å²) in [5.74, 6) is 2.57. The number of rotatable bonds is 7. The number of thioether (sulfide) groups is 1. The first-order valence-electron chi connectivity index (χ1n) is 7.94. The standard InChI is InChI=1S/C15H30N2OS/c1-3-8-16-14(7-6-13-5-4-10-18-13)15-12-19-11-9-17(15)2/h13-16H,3-12H2,1-2H3. The second kappa shape index (κ2) is 8.50. The molecule has 0 radical (unpaired) electrons. The first-order valence-corrected chi connectivity index (χ1v) is 9.09. The third kappa shape index (κ3) is 4.92. The van der Waals surface area contributed by atoms with E-state index in [1.165, 1.54) is 50.2 Å². The highest BCUT2D eigenvalue weighted by molar-refractivity contribution is 7.99. The lowest BCUT2D eigenvalue weighted by molar-refractivity contribution is 0.0946.